The summed E-state index contributed by atoms with van der Waals surface area (Å²) in [6.45, 7) is 1.89. The van der Waals surface area contributed by atoms with Gasteiger partial charge < -0.3 is 5.11 Å². The van der Waals surface area contributed by atoms with Gasteiger partial charge in [-0.15, -0.1) is 0 Å². The minimum Gasteiger partial charge on any atom is -0.390 e. The number of hydrogen-bond acceptors (Lipinski definition) is 5. The summed E-state index contributed by atoms with van der Waals surface area (Å²) < 4.78 is 6.23. The second kappa shape index (κ2) is 5.94. The fraction of sp³-hybridized carbons (Fsp3) is 0.529. The van der Waals surface area contributed by atoms with E-state index in [0.717, 1.165) is 18.0 Å². The molecule has 23 heavy (non-hydrogen) atoms. The second-order valence-electron chi connectivity index (χ2n) is 6.69. The lowest BCUT2D eigenvalue weighted by Crippen LogP contribution is -2.40. The number of aliphatic hydroxyl groups is 1. The Bertz CT molecular complexity index is 724. The molecule has 122 valence electrons. The van der Waals surface area contributed by atoms with Gasteiger partial charge in [0, 0.05) is 24.7 Å². The minimum atomic E-state index is -0.603. The van der Waals surface area contributed by atoms with Gasteiger partial charge in [-0.25, -0.2) is 4.79 Å². The molecule has 2 aliphatic rings. The lowest BCUT2D eigenvalue weighted by atomic mass is 10.1. The number of aliphatic hydroxyl groups excluding tert-OH is 1. The van der Waals surface area contributed by atoms with E-state index in [2.05, 4.69) is 10.1 Å². The van der Waals surface area contributed by atoms with Crippen LogP contribution in [0.4, 0.5) is 0 Å². The maximum Gasteiger partial charge on any atom is 0.441 e. The molecule has 6 heteroatoms. The minimum absolute atomic E-state index is 0.209. The van der Waals surface area contributed by atoms with Gasteiger partial charge in [0.05, 0.1) is 12.6 Å². The predicted octanol–water partition coefficient (Wildman–Crippen LogP) is 1.35. The fourth-order valence-corrected chi connectivity index (χ4v) is 4.01. The van der Waals surface area contributed by atoms with Crippen LogP contribution < -0.4 is 5.76 Å². The fourth-order valence-electron chi connectivity index (χ4n) is 4.01. The van der Waals surface area contributed by atoms with Gasteiger partial charge in [-0.2, -0.15) is 0 Å². The lowest BCUT2D eigenvalue weighted by Gasteiger charge is -2.28. The summed E-state index contributed by atoms with van der Waals surface area (Å²) >= 11 is 0. The van der Waals surface area contributed by atoms with Crippen LogP contribution in [-0.2, 0) is 6.54 Å². The molecule has 1 aromatic carbocycles. The molecule has 1 saturated heterocycles. The highest BCUT2D eigenvalue weighted by molar-refractivity contribution is 5.54. The zero-order valence-corrected chi connectivity index (χ0v) is 13.0. The van der Waals surface area contributed by atoms with E-state index < -0.39 is 11.9 Å². The number of likely N-dealkylation sites (tertiary alicyclic amines) is 1. The standard InChI is InChI=1S/C17H21N3O3/c21-15(10-19-9-12-6-7-14(19)8-12)11-20-16(18-23-17(20)22)13-4-2-1-3-5-13/h1-5,12,14-15,21H,6-11H2. The third-order valence-electron chi connectivity index (χ3n) is 5.08. The Balaban J connectivity index is 1.48. The molecular formula is C17H21N3O3. The normalized spacial score (nSPS) is 25.1. The van der Waals surface area contributed by atoms with Gasteiger partial charge >= 0.3 is 5.76 Å². The van der Waals surface area contributed by atoms with Crippen LogP contribution in [0, 0.1) is 5.92 Å². The molecule has 2 bridgehead atoms. The lowest BCUT2D eigenvalue weighted by molar-refractivity contribution is 0.0812. The van der Waals surface area contributed by atoms with Crippen molar-refractivity contribution in [2.24, 2.45) is 5.92 Å². The topological polar surface area (TPSA) is 71.5 Å². The molecule has 2 heterocycles. The van der Waals surface area contributed by atoms with Crippen LogP contribution in [0.3, 0.4) is 0 Å². The number of rotatable bonds is 5. The van der Waals surface area contributed by atoms with Crippen molar-refractivity contribution in [2.45, 2.75) is 38.0 Å². The Hall–Kier alpha value is -1.92. The zero-order chi connectivity index (χ0) is 15.8. The van der Waals surface area contributed by atoms with Gasteiger partial charge in [-0.05, 0) is 25.2 Å². The van der Waals surface area contributed by atoms with E-state index in [1.165, 1.54) is 23.8 Å². The first kappa shape index (κ1) is 14.7. The molecule has 2 fully saturated rings. The number of aromatic nitrogens is 2. The monoisotopic (exact) mass is 315 g/mol. The first-order valence-corrected chi connectivity index (χ1v) is 8.25. The van der Waals surface area contributed by atoms with Crippen molar-refractivity contribution in [1.29, 1.82) is 0 Å². The second-order valence-corrected chi connectivity index (χ2v) is 6.69. The van der Waals surface area contributed by atoms with Gasteiger partial charge in [0.2, 0.25) is 0 Å². The van der Waals surface area contributed by atoms with Gasteiger partial charge in [-0.1, -0.05) is 35.5 Å². The molecular weight excluding hydrogens is 294 g/mol. The third kappa shape index (κ3) is 2.84. The molecule has 6 nitrogen and oxygen atoms in total. The highest BCUT2D eigenvalue weighted by atomic mass is 16.5. The summed E-state index contributed by atoms with van der Waals surface area (Å²) in [6.07, 6.45) is 3.21. The molecule has 1 N–H and O–H groups in total. The number of benzene rings is 1. The Labute approximate surface area is 134 Å². The molecule has 1 aliphatic carbocycles. The quantitative estimate of drug-likeness (QED) is 0.902. The van der Waals surface area contributed by atoms with E-state index in [-0.39, 0.29) is 6.54 Å². The summed E-state index contributed by atoms with van der Waals surface area (Å²) in [4.78, 5) is 14.3. The van der Waals surface area contributed by atoms with Crippen molar-refractivity contribution in [3.8, 4) is 11.4 Å². The van der Waals surface area contributed by atoms with Gasteiger partial charge in [0.1, 0.15) is 0 Å². The van der Waals surface area contributed by atoms with Crippen molar-refractivity contribution in [3.63, 3.8) is 0 Å². The molecule has 3 unspecified atom stereocenters. The zero-order valence-electron chi connectivity index (χ0n) is 13.0. The van der Waals surface area contributed by atoms with E-state index in [0.29, 0.717) is 18.4 Å². The summed E-state index contributed by atoms with van der Waals surface area (Å²) in [5, 5.41) is 14.3. The highest BCUT2D eigenvalue weighted by Gasteiger charge is 2.38. The Morgan fingerprint density at radius 1 is 1.26 bits per heavy atom. The molecule has 2 aromatic rings. The third-order valence-corrected chi connectivity index (χ3v) is 5.08. The van der Waals surface area contributed by atoms with Crippen molar-refractivity contribution < 1.29 is 9.63 Å². The number of fused-ring (bicyclic) bond motifs is 2. The van der Waals surface area contributed by atoms with Gasteiger partial charge in [0.15, 0.2) is 5.82 Å². The number of nitrogens with zero attached hydrogens (tertiary/aromatic N) is 3. The maximum absolute atomic E-state index is 11.9. The molecule has 1 saturated carbocycles. The van der Waals surface area contributed by atoms with E-state index >= 15 is 0 Å². The predicted molar refractivity (Wildman–Crippen MR) is 84.9 cm³/mol. The van der Waals surface area contributed by atoms with Crippen LogP contribution in [0.1, 0.15) is 19.3 Å². The molecule has 0 radical (unpaired) electrons. The van der Waals surface area contributed by atoms with E-state index in [1.807, 2.05) is 30.3 Å². The number of β-amino-alcohol motifs (C(OH)–C–C–N with tert-alkyl or cyclic N) is 1. The van der Waals surface area contributed by atoms with Crippen LogP contribution >= 0.6 is 0 Å². The summed E-state index contributed by atoms with van der Waals surface area (Å²) in [6, 6.07) is 10.0. The van der Waals surface area contributed by atoms with Crippen molar-refractivity contribution in [1.82, 2.24) is 14.6 Å². The van der Waals surface area contributed by atoms with E-state index in [1.54, 1.807) is 0 Å². The van der Waals surface area contributed by atoms with Crippen molar-refractivity contribution in [3.05, 3.63) is 40.9 Å². The summed E-state index contributed by atoms with van der Waals surface area (Å²) in [5.41, 5.74) is 0.811. The molecule has 0 spiro atoms. The molecule has 1 aromatic heterocycles. The average molecular weight is 315 g/mol. The molecule has 3 atom stereocenters. The largest absolute Gasteiger partial charge is 0.441 e. The SMILES string of the molecule is O=c1onc(-c2ccccc2)n1CC(O)CN1CC2CCC1C2. The van der Waals surface area contributed by atoms with E-state index in [9.17, 15) is 9.90 Å². The van der Waals surface area contributed by atoms with Crippen LogP contribution in [0.2, 0.25) is 0 Å². The first-order chi connectivity index (χ1) is 11.2. The number of piperidine rings is 1. The van der Waals surface area contributed by atoms with Crippen LogP contribution in [0.25, 0.3) is 11.4 Å². The summed E-state index contributed by atoms with van der Waals surface area (Å²) in [5.74, 6) is 0.744. The van der Waals surface area contributed by atoms with E-state index in [4.69, 9.17) is 4.52 Å². The Kier molecular flexibility index (Phi) is 3.79. The van der Waals surface area contributed by atoms with Crippen LogP contribution in [0.5, 0.6) is 0 Å². The van der Waals surface area contributed by atoms with Crippen molar-refractivity contribution >= 4 is 0 Å². The van der Waals surface area contributed by atoms with Crippen molar-refractivity contribution in [2.75, 3.05) is 13.1 Å². The first-order valence-electron chi connectivity index (χ1n) is 8.25. The molecule has 4 rings (SSSR count). The summed E-state index contributed by atoms with van der Waals surface area (Å²) in [7, 11) is 0. The molecule has 0 amide bonds. The Morgan fingerprint density at radius 3 is 2.78 bits per heavy atom. The smallest absolute Gasteiger partial charge is 0.390 e. The van der Waals surface area contributed by atoms with Crippen LogP contribution in [-0.4, -0.2) is 45.0 Å². The average Bonchev–Trinajstić information content (AvgIpc) is 3.25. The number of hydrogen-bond donors (Lipinski definition) is 1. The maximum atomic E-state index is 11.9. The van der Waals surface area contributed by atoms with Crippen LogP contribution in [0.15, 0.2) is 39.6 Å². The van der Waals surface area contributed by atoms with Gasteiger partial charge in [-0.3, -0.25) is 14.0 Å². The van der Waals surface area contributed by atoms with Gasteiger partial charge in [0.25, 0.3) is 0 Å². The highest BCUT2D eigenvalue weighted by Crippen LogP contribution is 2.37. The molecule has 1 aliphatic heterocycles. The Morgan fingerprint density at radius 2 is 2.09 bits per heavy atom.